The van der Waals surface area contributed by atoms with Crippen molar-refractivity contribution in [3.63, 3.8) is 0 Å². The van der Waals surface area contributed by atoms with Crippen LogP contribution in [0.1, 0.15) is 20.3 Å². The van der Waals surface area contributed by atoms with Gasteiger partial charge < -0.3 is 16.2 Å². The van der Waals surface area contributed by atoms with E-state index in [0.717, 1.165) is 6.07 Å². The molecule has 1 aromatic carbocycles. The molecule has 1 aromatic rings. The molecule has 0 radical (unpaired) electrons. The summed E-state index contributed by atoms with van der Waals surface area (Å²) in [7, 11) is 0. The number of nitrogens with two attached hydrogens (primary N) is 1. The summed E-state index contributed by atoms with van der Waals surface area (Å²) in [6.45, 7) is 4.13. The average molecular weight is 281 g/mol. The van der Waals surface area contributed by atoms with Crippen molar-refractivity contribution < 1.29 is 14.8 Å². The highest BCUT2D eigenvalue weighted by Gasteiger charge is 2.20. The highest BCUT2D eigenvalue weighted by atomic mass is 16.6. The maximum atomic E-state index is 12.0. The van der Waals surface area contributed by atoms with Crippen molar-refractivity contribution in [2.24, 2.45) is 17.6 Å². The number of carbonyl (C=O) groups excluding carboxylic acids is 1. The summed E-state index contributed by atoms with van der Waals surface area (Å²) < 4.78 is 0. The van der Waals surface area contributed by atoms with Gasteiger partial charge in [-0.2, -0.15) is 0 Å². The molecule has 0 heterocycles. The van der Waals surface area contributed by atoms with E-state index in [9.17, 15) is 20.0 Å². The molecule has 0 fully saturated rings. The van der Waals surface area contributed by atoms with Crippen LogP contribution in [0.4, 0.5) is 11.4 Å². The predicted molar refractivity (Wildman–Crippen MR) is 75.4 cm³/mol. The minimum absolute atomic E-state index is 0.0198. The van der Waals surface area contributed by atoms with Crippen LogP contribution in [0.15, 0.2) is 18.2 Å². The van der Waals surface area contributed by atoms with E-state index in [0.29, 0.717) is 12.3 Å². The van der Waals surface area contributed by atoms with E-state index >= 15 is 0 Å². The Morgan fingerprint density at radius 2 is 2.15 bits per heavy atom. The van der Waals surface area contributed by atoms with Gasteiger partial charge in [-0.1, -0.05) is 13.8 Å². The second kappa shape index (κ2) is 6.85. The summed E-state index contributed by atoms with van der Waals surface area (Å²) >= 11 is 0. The largest absolute Gasteiger partial charge is 0.506 e. The molecule has 0 bridgehead atoms. The quantitative estimate of drug-likeness (QED) is 0.418. The first-order valence-corrected chi connectivity index (χ1v) is 6.33. The lowest BCUT2D eigenvalue weighted by Crippen LogP contribution is -2.30. The second-order valence-electron chi connectivity index (χ2n) is 5.01. The molecule has 7 heteroatoms. The van der Waals surface area contributed by atoms with Gasteiger partial charge in [0, 0.05) is 18.7 Å². The topological polar surface area (TPSA) is 118 Å². The Hall–Kier alpha value is -2.15. The number of carbonyl (C=O) groups is 1. The van der Waals surface area contributed by atoms with Crippen LogP contribution in [0.3, 0.4) is 0 Å². The molecule has 0 saturated heterocycles. The Morgan fingerprint density at radius 1 is 1.50 bits per heavy atom. The average Bonchev–Trinajstić information content (AvgIpc) is 2.37. The molecule has 7 nitrogen and oxygen atoms in total. The van der Waals surface area contributed by atoms with Crippen LogP contribution >= 0.6 is 0 Å². The summed E-state index contributed by atoms with van der Waals surface area (Å²) in [6, 6.07) is 3.46. The third-order valence-corrected chi connectivity index (χ3v) is 2.86. The van der Waals surface area contributed by atoms with E-state index in [1.807, 2.05) is 13.8 Å². The number of hydrogen-bond acceptors (Lipinski definition) is 5. The minimum Gasteiger partial charge on any atom is -0.506 e. The first-order valence-electron chi connectivity index (χ1n) is 6.33. The van der Waals surface area contributed by atoms with Gasteiger partial charge in [0.2, 0.25) is 5.91 Å². The molecule has 0 aromatic heterocycles. The smallest absolute Gasteiger partial charge is 0.271 e. The van der Waals surface area contributed by atoms with Crippen molar-refractivity contribution in [1.29, 1.82) is 0 Å². The number of nitro benzene ring substituents is 1. The van der Waals surface area contributed by atoms with Crippen molar-refractivity contribution >= 4 is 17.3 Å². The maximum absolute atomic E-state index is 12.0. The molecule has 1 atom stereocenters. The van der Waals surface area contributed by atoms with Crippen LogP contribution < -0.4 is 11.1 Å². The van der Waals surface area contributed by atoms with E-state index in [-0.39, 0.29) is 29.6 Å². The van der Waals surface area contributed by atoms with Crippen LogP contribution in [0.2, 0.25) is 0 Å². The lowest BCUT2D eigenvalue weighted by atomic mass is 9.96. The second-order valence-corrected chi connectivity index (χ2v) is 5.01. The molecule has 1 amide bonds. The Morgan fingerprint density at radius 3 is 2.65 bits per heavy atom. The highest BCUT2D eigenvalue weighted by molar-refractivity contribution is 5.94. The van der Waals surface area contributed by atoms with E-state index in [4.69, 9.17) is 5.73 Å². The van der Waals surface area contributed by atoms with Crippen molar-refractivity contribution in [1.82, 2.24) is 0 Å². The predicted octanol–water partition coefficient (Wildman–Crippen LogP) is 1.86. The van der Waals surface area contributed by atoms with E-state index in [2.05, 4.69) is 5.32 Å². The number of phenolic OH excluding ortho intramolecular Hbond substituents is 1. The number of hydrogen-bond donors (Lipinski definition) is 3. The van der Waals surface area contributed by atoms with Gasteiger partial charge in [0.05, 0.1) is 16.5 Å². The normalized spacial score (nSPS) is 12.2. The van der Waals surface area contributed by atoms with Crippen LogP contribution in [0.25, 0.3) is 0 Å². The molecular weight excluding hydrogens is 262 g/mol. The van der Waals surface area contributed by atoms with Crippen molar-refractivity contribution in [2.75, 3.05) is 11.9 Å². The first-order chi connectivity index (χ1) is 9.35. The van der Waals surface area contributed by atoms with Crippen molar-refractivity contribution in [3.8, 4) is 5.75 Å². The monoisotopic (exact) mass is 281 g/mol. The van der Waals surface area contributed by atoms with Gasteiger partial charge in [0.15, 0.2) is 0 Å². The molecule has 1 rings (SSSR count). The third-order valence-electron chi connectivity index (χ3n) is 2.86. The van der Waals surface area contributed by atoms with Crippen molar-refractivity contribution in [3.05, 3.63) is 28.3 Å². The number of phenols is 1. The highest BCUT2D eigenvalue weighted by Crippen LogP contribution is 2.28. The fourth-order valence-corrected chi connectivity index (χ4v) is 1.85. The molecular formula is C13H19N3O4. The summed E-state index contributed by atoms with van der Waals surface area (Å²) in [5.74, 6) is -0.664. The zero-order valence-electron chi connectivity index (χ0n) is 11.5. The number of nitrogens with zero attached hydrogens (tertiary/aromatic N) is 1. The van der Waals surface area contributed by atoms with Gasteiger partial charge >= 0.3 is 0 Å². The number of rotatable bonds is 6. The Labute approximate surface area is 116 Å². The number of benzene rings is 1. The van der Waals surface area contributed by atoms with Gasteiger partial charge in [-0.25, -0.2) is 0 Å². The SMILES string of the molecule is CC(C)CC(CN)C(=O)Nc1cc([N+](=O)[O-])ccc1O. The number of anilines is 1. The Kier molecular flexibility index (Phi) is 5.45. The van der Waals surface area contributed by atoms with Crippen LogP contribution in [0, 0.1) is 22.0 Å². The number of amides is 1. The van der Waals surface area contributed by atoms with Gasteiger partial charge in [-0.3, -0.25) is 14.9 Å². The first kappa shape index (κ1) is 15.9. The molecule has 0 aliphatic heterocycles. The minimum atomic E-state index is -0.594. The molecule has 0 saturated carbocycles. The molecule has 20 heavy (non-hydrogen) atoms. The molecule has 110 valence electrons. The Balaban J connectivity index is 2.88. The van der Waals surface area contributed by atoms with Crippen LogP contribution in [-0.2, 0) is 4.79 Å². The fraction of sp³-hybridized carbons (Fsp3) is 0.462. The molecule has 0 aliphatic rings. The Bertz CT molecular complexity index is 502. The summed E-state index contributed by atoms with van der Waals surface area (Å²) in [5.41, 5.74) is 5.38. The van der Waals surface area contributed by atoms with E-state index in [1.54, 1.807) is 0 Å². The number of non-ortho nitro benzene ring substituents is 1. The molecule has 4 N–H and O–H groups in total. The van der Waals surface area contributed by atoms with Crippen molar-refractivity contribution in [2.45, 2.75) is 20.3 Å². The van der Waals surface area contributed by atoms with Gasteiger partial charge in [0.1, 0.15) is 5.75 Å². The zero-order chi connectivity index (χ0) is 15.3. The van der Waals surface area contributed by atoms with Crippen LogP contribution in [-0.4, -0.2) is 22.5 Å². The number of nitrogens with one attached hydrogen (secondary N) is 1. The molecule has 1 unspecified atom stereocenters. The molecule has 0 spiro atoms. The van der Waals surface area contributed by atoms with E-state index in [1.165, 1.54) is 12.1 Å². The standard InChI is InChI=1S/C13H19N3O4/c1-8(2)5-9(7-14)13(18)15-11-6-10(16(19)20)3-4-12(11)17/h3-4,6,8-9,17H,5,7,14H2,1-2H3,(H,15,18). The van der Waals surface area contributed by atoms with E-state index < -0.39 is 10.8 Å². The number of nitro groups is 1. The fourth-order valence-electron chi connectivity index (χ4n) is 1.85. The third kappa shape index (κ3) is 4.20. The van der Waals surface area contributed by atoms with Gasteiger partial charge in [-0.15, -0.1) is 0 Å². The lowest BCUT2D eigenvalue weighted by Gasteiger charge is -2.17. The summed E-state index contributed by atoms with van der Waals surface area (Å²) in [5, 5.41) is 22.8. The molecule has 0 aliphatic carbocycles. The number of aromatic hydroxyl groups is 1. The summed E-state index contributed by atoms with van der Waals surface area (Å²) in [4.78, 5) is 22.1. The zero-order valence-corrected chi connectivity index (χ0v) is 11.5. The summed E-state index contributed by atoms with van der Waals surface area (Å²) in [6.07, 6.45) is 0.609. The van der Waals surface area contributed by atoms with Crippen LogP contribution in [0.5, 0.6) is 5.75 Å². The van der Waals surface area contributed by atoms with Gasteiger partial charge in [-0.05, 0) is 18.4 Å². The van der Waals surface area contributed by atoms with Gasteiger partial charge in [0.25, 0.3) is 5.69 Å². The maximum Gasteiger partial charge on any atom is 0.271 e. The lowest BCUT2D eigenvalue weighted by molar-refractivity contribution is -0.384.